The first-order chi connectivity index (χ1) is 18.4. The van der Waals surface area contributed by atoms with Gasteiger partial charge >= 0.3 is 6.09 Å². The molecule has 7 heteroatoms. The van der Waals surface area contributed by atoms with Gasteiger partial charge in [-0.1, -0.05) is 43.7 Å². The summed E-state index contributed by atoms with van der Waals surface area (Å²) in [5.74, 6) is 1.25. The van der Waals surface area contributed by atoms with Crippen LogP contribution in [0, 0.1) is 12.8 Å². The zero-order chi connectivity index (χ0) is 28.7. The van der Waals surface area contributed by atoms with Crippen molar-refractivity contribution >= 4 is 22.9 Å². The fraction of sp³-hybridized carbons (Fsp3) is 0.469. The highest BCUT2D eigenvalue weighted by atomic mass is 16.6. The van der Waals surface area contributed by atoms with Crippen molar-refractivity contribution in [3.05, 3.63) is 53.7 Å². The molecule has 210 valence electrons. The minimum absolute atomic E-state index is 0.274. The largest absolute Gasteiger partial charge is 0.494 e. The molecule has 2 N–H and O–H groups in total. The highest BCUT2D eigenvalue weighted by Crippen LogP contribution is 2.41. The van der Waals surface area contributed by atoms with Gasteiger partial charge in [0, 0.05) is 30.0 Å². The molecule has 0 saturated carbocycles. The molecule has 7 nitrogen and oxygen atoms in total. The number of nitrogens with zero attached hydrogens (tertiary/aromatic N) is 2. The third-order valence-corrected chi connectivity index (χ3v) is 6.73. The molecule has 1 aromatic heterocycles. The molecule has 3 aromatic rings. The van der Waals surface area contributed by atoms with Gasteiger partial charge in [0.05, 0.1) is 17.8 Å². The quantitative estimate of drug-likeness (QED) is 0.266. The Hall–Kier alpha value is -3.61. The number of carbonyl (C=O) groups excluding carboxylic acids is 2. The van der Waals surface area contributed by atoms with E-state index >= 15 is 0 Å². The van der Waals surface area contributed by atoms with E-state index in [-0.39, 0.29) is 5.91 Å². The van der Waals surface area contributed by atoms with Crippen LogP contribution in [0.2, 0.25) is 0 Å². The van der Waals surface area contributed by atoms with Crippen LogP contribution in [0.3, 0.4) is 0 Å². The van der Waals surface area contributed by atoms with Crippen molar-refractivity contribution in [3.8, 4) is 22.6 Å². The SMILES string of the molecule is Cc1ccc(-c2c(OC(=O)N(C)C(C)(C)C)c(CC(C)C)nc3ccc(OCCCCCC(N)=O)cc23)cc1. The van der Waals surface area contributed by atoms with E-state index in [9.17, 15) is 9.59 Å². The Morgan fingerprint density at radius 1 is 1.03 bits per heavy atom. The fourth-order valence-electron chi connectivity index (χ4n) is 4.20. The van der Waals surface area contributed by atoms with E-state index in [0.29, 0.717) is 36.9 Å². The molecule has 2 aromatic carbocycles. The Morgan fingerprint density at radius 3 is 2.33 bits per heavy atom. The molecule has 0 spiro atoms. The van der Waals surface area contributed by atoms with Gasteiger partial charge in [0.2, 0.25) is 5.91 Å². The van der Waals surface area contributed by atoms with E-state index in [1.807, 2.05) is 45.9 Å². The van der Waals surface area contributed by atoms with Gasteiger partial charge in [0.1, 0.15) is 5.75 Å². The zero-order valence-corrected chi connectivity index (χ0v) is 24.5. The van der Waals surface area contributed by atoms with Crippen LogP contribution in [0.4, 0.5) is 4.79 Å². The molecular weight excluding hydrogens is 490 g/mol. The summed E-state index contributed by atoms with van der Waals surface area (Å²) in [5, 5.41) is 0.860. The van der Waals surface area contributed by atoms with Gasteiger partial charge in [-0.05, 0) is 83.1 Å². The molecule has 1 heterocycles. The van der Waals surface area contributed by atoms with Crippen LogP contribution in [-0.2, 0) is 11.2 Å². The lowest BCUT2D eigenvalue weighted by molar-refractivity contribution is -0.118. The zero-order valence-electron chi connectivity index (χ0n) is 24.5. The minimum atomic E-state index is -0.426. The van der Waals surface area contributed by atoms with Gasteiger partial charge in [-0.2, -0.15) is 0 Å². The summed E-state index contributed by atoms with van der Waals surface area (Å²) < 4.78 is 12.3. The highest BCUT2D eigenvalue weighted by Gasteiger charge is 2.28. The fourth-order valence-corrected chi connectivity index (χ4v) is 4.20. The number of unbranched alkanes of at least 4 members (excludes halogenated alkanes) is 2. The number of hydrogen-bond donors (Lipinski definition) is 1. The first kappa shape index (κ1) is 29.9. The lowest BCUT2D eigenvalue weighted by atomic mass is 9.95. The molecular formula is C32H43N3O4. The second-order valence-electron chi connectivity index (χ2n) is 11.6. The second-order valence-corrected chi connectivity index (χ2v) is 11.6. The molecule has 0 fully saturated rings. The number of primary amides is 1. The van der Waals surface area contributed by atoms with E-state index < -0.39 is 11.6 Å². The summed E-state index contributed by atoms with van der Waals surface area (Å²) in [6, 6.07) is 14.1. The average Bonchev–Trinajstić information content (AvgIpc) is 2.85. The third kappa shape index (κ3) is 8.19. The van der Waals surface area contributed by atoms with Gasteiger partial charge in [0.25, 0.3) is 0 Å². The Morgan fingerprint density at radius 2 is 1.72 bits per heavy atom. The molecule has 0 unspecified atom stereocenters. The van der Waals surface area contributed by atoms with E-state index in [4.69, 9.17) is 20.2 Å². The number of carbonyl (C=O) groups is 2. The number of rotatable bonds is 11. The number of amides is 2. The van der Waals surface area contributed by atoms with E-state index in [2.05, 4.69) is 38.1 Å². The average molecular weight is 534 g/mol. The summed E-state index contributed by atoms with van der Waals surface area (Å²) in [5.41, 5.74) is 9.33. The van der Waals surface area contributed by atoms with Crippen LogP contribution in [0.5, 0.6) is 11.5 Å². The van der Waals surface area contributed by atoms with Crippen LogP contribution in [-0.4, -0.2) is 41.1 Å². The minimum Gasteiger partial charge on any atom is -0.494 e. The molecule has 0 radical (unpaired) electrons. The number of aryl methyl sites for hydroxylation is 1. The molecule has 39 heavy (non-hydrogen) atoms. The summed E-state index contributed by atoms with van der Waals surface area (Å²) in [4.78, 5) is 30.9. The second kappa shape index (κ2) is 13.0. The van der Waals surface area contributed by atoms with Crippen LogP contribution >= 0.6 is 0 Å². The Balaban J connectivity index is 2.09. The first-order valence-electron chi connectivity index (χ1n) is 13.8. The standard InChI is InChI=1S/C32H43N3O4/c1-21(2)19-27-30(39-31(37)35(7)32(4,5)6)29(23-14-12-22(3)13-15-23)25-20-24(16-17-26(25)34-27)38-18-10-8-9-11-28(33)36/h12-17,20-21H,8-11,18-19H2,1-7H3,(H2,33,36). The van der Waals surface area contributed by atoms with E-state index in [0.717, 1.165) is 52.5 Å². The van der Waals surface area contributed by atoms with Gasteiger partial charge in [-0.3, -0.25) is 4.79 Å². The lowest BCUT2D eigenvalue weighted by Crippen LogP contribution is -2.44. The molecule has 3 rings (SSSR count). The molecule has 0 aliphatic rings. The Kier molecular flexibility index (Phi) is 9.95. The van der Waals surface area contributed by atoms with Crippen LogP contribution < -0.4 is 15.2 Å². The number of aromatic nitrogens is 1. The normalized spacial score (nSPS) is 11.6. The number of benzene rings is 2. The van der Waals surface area contributed by atoms with Crippen LogP contribution in [0.25, 0.3) is 22.0 Å². The van der Waals surface area contributed by atoms with Crippen molar-refractivity contribution in [2.75, 3.05) is 13.7 Å². The van der Waals surface area contributed by atoms with Gasteiger partial charge < -0.3 is 20.1 Å². The highest BCUT2D eigenvalue weighted by molar-refractivity contribution is 6.00. The smallest absolute Gasteiger partial charge is 0.415 e. The van der Waals surface area contributed by atoms with Crippen molar-refractivity contribution in [1.29, 1.82) is 0 Å². The topological polar surface area (TPSA) is 94.8 Å². The van der Waals surface area contributed by atoms with Gasteiger partial charge in [0.15, 0.2) is 5.75 Å². The van der Waals surface area contributed by atoms with Crippen molar-refractivity contribution < 1.29 is 19.1 Å². The summed E-state index contributed by atoms with van der Waals surface area (Å²) in [6.45, 7) is 12.8. The first-order valence-corrected chi connectivity index (χ1v) is 13.8. The van der Waals surface area contributed by atoms with Crippen molar-refractivity contribution in [2.45, 2.75) is 79.2 Å². The Bertz CT molecular complexity index is 1290. The molecule has 0 bridgehead atoms. The number of ether oxygens (including phenoxy) is 2. The number of hydrogen-bond acceptors (Lipinski definition) is 5. The number of fused-ring (bicyclic) bond motifs is 1. The van der Waals surface area contributed by atoms with Crippen LogP contribution in [0.15, 0.2) is 42.5 Å². The van der Waals surface area contributed by atoms with E-state index in [1.165, 1.54) is 0 Å². The summed E-state index contributed by atoms with van der Waals surface area (Å²) >= 11 is 0. The van der Waals surface area contributed by atoms with Crippen molar-refractivity contribution in [1.82, 2.24) is 9.88 Å². The number of pyridine rings is 1. The maximum absolute atomic E-state index is 13.3. The number of nitrogens with two attached hydrogens (primary N) is 1. The summed E-state index contributed by atoms with van der Waals surface area (Å²) in [7, 11) is 1.75. The molecule has 2 amide bonds. The Labute approximate surface area is 232 Å². The van der Waals surface area contributed by atoms with Gasteiger partial charge in [-0.25, -0.2) is 9.78 Å². The predicted octanol–water partition coefficient (Wildman–Crippen LogP) is 7.06. The third-order valence-electron chi connectivity index (χ3n) is 6.73. The maximum Gasteiger partial charge on any atom is 0.415 e. The van der Waals surface area contributed by atoms with Crippen molar-refractivity contribution in [3.63, 3.8) is 0 Å². The monoisotopic (exact) mass is 533 g/mol. The molecule has 0 atom stereocenters. The molecule has 0 saturated heterocycles. The molecule has 0 aliphatic heterocycles. The maximum atomic E-state index is 13.3. The molecule has 0 aliphatic carbocycles. The van der Waals surface area contributed by atoms with Crippen molar-refractivity contribution in [2.24, 2.45) is 11.7 Å². The van der Waals surface area contributed by atoms with E-state index in [1.54, 1.807) is 11.9 Å². The van der Waals surface area contributed by atoms with Gasteiger partial charge in [-0.15, -0.1) is 0 Å². The predicted molar refractivity (Wildman–Crippen MR) is 157 cm³/mol. The van der Waals surface area contributed by atoms with Crippen LogP contribution in [0.1, 0.15) is 71.6 Å². The lowest BCUT2D eigenvalue weighted by Gasteiger charge is -2.31. The summed E-state index contributed by atoms with van der Waals surface area (Å²) in [6.07, 6.45) is 3.09.